The molecule has 64 heavy (non-hydrogen) atoms. The van der Waals surface area contributed by atoms with Gasteiger partial charge in [-0.05, 0) is 147 Å². The molecule has 310 valence electrons. The van der Waals surface area contributed by atoms with Crippen LogP contribution in [0.1, 0.15) is 50.1 Å². The van der Waals surface area contributed by atoms with Gasteiger partial charge in [0.15, 0.2) is 0 Å². The number of para-hydroxylation sites is 2. The molecule has 0 aliphatic heterocycles. The molecule has 2 aromatic heterocycles. The number of benzene rings is 8. The number of fused-ring (bicyclic) bond motifs is 6. The number of nitrogens with zero attached hydrogens (tertiary/aromatic N) is 4. The summed E-state index contributed by atoms with van der Waals surface area (Å²) in [5.41, 5.74) is 14.0. The van der Waals surface area contributed by atoms with E-state index in [2.05, 4.69) is 102 Å². The number of nitriles is 2. The zero-order valence-corrected chi connectivity index (χ0v) is 36.2. The van der Waals surface area contributed by atoms with E-state index in [0.29, 0.717) is 11.4 Å². The van der Waals surface area contributed by atoms with E-state index in [1.165, 1.54) is 23.3 Å². The van der Waals surface area contributed by atoms with Crippen LogP contribution in [0.4, 0.5) is 13.2 Å². The fourth-order valence-corrected chi connectivity index (χ4v) is 10.5. The summed E-state index contributed by atoms with van der Waals surface area (Å²) in [5.74, 6) is 0. The first-order valence-corrected chi connectivity index (χ1v) is 21.2. The van der Waals surface area contributed by atoms with Crippen LogP contribution in [0.3, 0.4) is 0 Å². The molecule has 8 aromatic carbocycles. The summed E-state index contributed by atoms with van der Waals surface area (Å²) in [6.07, 6.45) is -4.83. The quantitative estimate of drug-likeness (QED) is 0.173. The number of hydrogen-bond donors (Lipinski definition) is 0. The maximum Gasteiger partial charge on any atom is 0.417 e. The molecule has 4 nitrogen and oxygen atoms in total. The van der Waals surface area contributed by atoms with Crippen molar-refractivity contribution >= 4 is 43.6 Å². The SMILES string of the molecule is Cc1cc(C)c(-c2ccc3c(c2)c2ccccc2n3-c2cc(C#N)cc(-n3c4ccccc4c4cc(-c5c(C)cc(C)cc5C)ccc43)c2-c2c(C#N)cccc2C(F)(F)F)c(C)c1. The number of aromatic nitrogens is 2. The minimum Gasteiger partial charge on any atom is -0.308 e. The molecule has 7 heteroatoms. The summed E-state index contributed by atoms with van der Waals surface area (Å²) in [5, 5.41) is 25.2. The molecule has 10 aromatic rings. The van der Waals surface area contributed by atoms with Gasteiger partial charge in [0.25, 0.3) is 0 Å². The Labute approximate surface area is 369 Å². The van der Waals surface area contributed by atoms with Gasteiger partial charge in [-0.1, -0.05) is 90.0 Å². The average Bonchev–Trinajstić information content (AvgIpc) is 3.77. The van der Waals surface area contributed by atoms with Crippen LogP contribution < -0.4 is 0 Å². The van der Waals surface area contributed by atoms with Crippen LogP contribution in [-0.2, 0) is 6.18 Å². The third-order valence-corrected chi connectivity index (χ3v) is 12.7. The third-order valence-electron chi connectivity index (χ3n) is 12.7. The van der Waals surface area contributed by atoms with Crippen LogP contribution in [0.25, 0.3) is 88.4 Å². The molecule has 0 unspecified atom stereocenters. The number of alkyl halides is 3. The van der Waals surface area contributed by atoms with Gasteiger partial charge < -0.3 is 9.13 Å². The highest BCUT2D eigenvalue weighted by molar-refractivity contribution is 6.13. The molecule has 0 spiro atoms. The Morgan fingerprint density at radius 1 is 0.422 bits per heavy atom. The van der Waals surface area contributed by atoms with E-state index in [9.17, 15) is 10.5 Å². The van der Waals surface area contributed by atoms with Crippen molar-refractivity contribution in [3.63, 3.8) is 0 Å². The van der Waals surface area contributed by atoms with Crippen molar-refractivity contribution in [3.05, 3.63) is 190 Å². The zero-order valence-electron chi connectivity index (χ0n) is 36.2. The van der Waals surface area contributed by atoms with E-state index in [4.69, 9.17) is 0 Å². The highest BCUT2D eigenvalue weighted by Crippen LogP contribution is 2.48. The van der Waals surface area contributed by atoms with Crippen molar-refractivity contribution in [1.82, 2.24) is 9.13 Å². The van der Waals surface area contributed by atoms with E-state index >= 15 is 13.2 Å². The molecule has 0 radical (unpaired) electrons. The molecule has 0 N–H and O–H groups in total. The van der Waals surface area contributed by atoms with E-state index in [0.717, 1.165) is 94.2 Å². The summed E-state index contributed by atoms with van der Waals surface area (Å²) in [6.45, 7) is 12.6. The molecule has 0 atom stereocenters. The summed E-state index contributed by atoms with van der Waals surface area (Å²) in [4.78, 5) is 0. The topological polar surface area (TPSA) is 57.4 Å². The lowest BCUT2D eigenvalue weighted by atomic mass is 9.90. The molecule has 0 aliphatic carbocycles. The minimum atomic E-state index is -4.83. The van der Waals surface area contributed by atoms with Gasteiger partial charge in [-0.2, -0.15) is 23.7 Å². The monoisotopic (exact) mass is 838 g/mol. The first-order chi connectivity index (χ1) is 30.8. The van der Waals surface area contributed by atoms with Crippen molar-refractivity contribution in [2.45, 2.75) is 47.7 Å². The number of rotatable bonds is 5. The van der Waals surface area contributed by atoms with Gasteiger partial charge >= 0.3 is 6.18 Å². The molecule has 10 rings (SSSR count). The van der Waals surface area contributed by atoms with Gasteiger partial charge in [0.2, 0.25) is 0 Å². The number of hydrogen-bond acceptors (Lipinski definition) is 2. The van der Waals surface area contributed by atoms with E-state index < -0.39 is 11.7 Å². The van der Waals surface area contributed by atoms with Crippen LogP contribution in [0.5, 0.6) is 0 Å². The Kier molecular flexibility index (Phi) is 9.36. The maximum absolute atomic E-state index is 15.6. The molecule has 0 amide bonds. The Morgan fingerprint density at radius 2 is 0.859 bits per heavy atom. The van der Waals surface area contributed by atoms with Gasteiger partial charge in [0, 0.05) is 32.7 Å². The van der Waals surface area contributed by atoms with Gasteiger partial charge in [-0.25, -0.2) is 0 Å². The Balaban J connectivity index is 1.37. The normalized spacial score (nSPS) is 11.8. The van der Waals surface area contributed by atoms with Crippen LogP contribution >= 0.6 is 0 Å². The molecule has 0 fully saturated rings. The third kappa shape index (κ3) is 6.27. The number of halogens is 3. The molecular formula is C57H41F3N4. The lowest BCUT2D eigenvalue weighted by molar-refractivity contribution is -0.137. The molecular weight excluding hydrogens is 798 g/mol. The second-order valence-corrected chi connectivity index (χ2v) is 17.1. The largest absolute Gasteiger partial charge is 0.417 e. The highest BCUT2D eigenvalue weighted by atomic mass is 19.4. The fourth-order valence-electron chi connectivity index (χ4n) is 10.5. The Morgan fingerprint density at radius 3 is 1.28 bits per heavy atom. The summed E-state index contributed by atoms with van der Waals surface area (Å²) in [6, 6.07) is 48.4. The Hall–Kier alpha value is -7.87. The predicted molar refractivity (Wildman–Crippen MR) is 254 cm³/mol. The summed E-state index contributed by atoms with van der Waals surface area (Å²) in [7, 11) is 0. The van der Waals surface area contributed by atoms with E-state index in [-0.39, 0.29) is 22.3 Å². The molecule has 2 heterocycles. The van der Waals surface area contributed by atoms with Gasteiger partial charge in [-0.15, -0.1) is 0 Å². The molecule has 0 bridgehead atoms. The smallest absolute Gasteiger partial charge is 0.308 e. The van der Waals surface area contributed by atoms with Gasteiger partial charge in [-0.3, -0.25) is 0 Å². The predicted octanol–water partition coefficient (Wildman–Crippen LogP) is 15.5. The lowest BCUT2D eigenvalue weighted by Gasteiger charge is -2.24. The summed E-state index contributed by atoms with van der Waals surface area (Å²) < 4.78 is 50.6. The van der Waals surface area contributed by atoms with Crippen molar-refractivity contribution < 1.29 is 13.2 Å². The maximum atomic E-state index is 15.6. The van der Waals surface area contributed by atoms with Crippen molar-refractivity contribution in [3.8, 4) is 56.9 Å². The average molecular weight is 839 g/mol. The van der Waals surface area contributed by atoms with Crippen LogP contribution in [-0.4, -0.2) is 9.13 Å². The first kappa shape index (κ1) is 40.2. The number of aryl methyl sites for hydroxylation is 6. The molecule has 0 aliphatic rings. The zero-order chi connectivity index (χ0) is 44.8. The highest BCUT2D eigenvalue weighted by Gasteiger charge is 2.37. The first-order valence-electron chi connectivity index (χ1n) is 21.2. The summed E-state index contributed by atoms with van der Waals surface area (Å²) >= 11 is 0. The lowest BCUT2D eigenvalue weighted by Crippen LogP contribution is -2.12. The van der Waals surface area contributed by atoms with Crippen molar-refractivity contribution in [1.29, 1.82) is 10.5 Å². The van der Waals surface area contributed by atoms with Crippen LogP contribution in [0.15, 0.2) is 140 Å². The van der Waals surface area contributed by atoms with Crippen LogP contribution in [0.2, 0.25) is 0 Å². The second kappa shape index (κ2) is 14.9. The van der Waals surface area contributed by atoms with Crippen LogP contribution in [0, 0.1) is 64.2 Å². The van der Waals surface area contributed by atoms with E-state index in [1.54, 1.807) is 12.1 Å². The minimum absolute atomic E-state index is 0.135. The van der Waals surface area contributed by atoms with Gasteiger partial charge in [0.05, 0.1) is 62.3 Å². The standard InChI is InChI=1S/C57H41F3N4/c1-32-22-34(3)53(35(4)23-32)39-18-20-49-44(28-39)42-13-7-9-16-47(42)63(49)51-26-38(30-61)27-52(56(51)55-41(31-62)12-11-15-46(55)57(58,59)60)64-48-17-10-8-14-43(48)45-29-40(19-21-50(45)64)54-36(5)24-33(2)25-37(54)6/h7-29H,1-6H3. The van der Waals surface area contributed by atoms with Crippen molar-refractivity contribution in [2.75, 3.05) is 0 Å². The van der Waals surface area contributed by atoms with Crippen molar-refractivity contribution in [2.24, 2.45) is 0 Å². The van der Waals surface area contributed by atoms with E-state index in [1.807, 2.05) is 69.8 Å². The second-order valence-electron chi connectivity index (χ2n) is 17.1. The molecule has 0 saturated heterocycles. The fraction of sp³-hybridized carbons (Fsp3) is 0.123. The molecule has 0 saturated carbocycles. The van der Waals surface area contributed by atoms with Gasteiger partial charge in [0.1, 0.15) is 0 Å². The Bertz CT molecular complexity index is 3450.